The van der Waals surface area contributed by atoms with Gasteiger partial charge in [0.25, 0.3) is 11.6 Å². The number of benzene rings is 1. The molecule has 2 heterocycles. The third-order valence-electron chi connectivity index (χ3n) is 4.21. The average Bonchev–Trinajstić information content (AvgIpc) is 3.19. The van der Waals surface area contributed by atoms with Gasteiger partial charge in [-0.3, -0.25) is 14.9 Å². The summed E-state index contributed by atoms with van der Waals surface area (Å²) in [7, 11) is 0. The smallest absolute Gasteiger partial charge is 0.269 e. The van der Waals surface area contributed by atoms with Crippen molar-refractivity contribution >= 4 is 17.4 Å². The molecule has 0 aliphatic carbocycles. The molecule has 1 saturated heterocycles. The van der Waals surface area contributed by atoms with Crippen LogP contribution in [0.4, 0.5) is 11.5 Å². The number of anilines is 1. The Kier molecular flexibility index (Phi) is 5.80. The molecule has 0 unspecified atom stereocenters. The molecular weight excluding hydrogens is 350 g/mol. The van der Waals surface area contributed by atoms with Crippen molar-refractivity contribution in [1.29, 1.82) is 0 Å². The minimum absolute atomic E-state index is 0.0529. The molecule has 9 heteroatoms. The van der Waals surface area contributed by atoms with Gasteiger partial charge in [-0.15, -0.1) is 0 Å². The lowest BCUT2D eigenvalue weighted by Gasteiger charge is -2.17. The van der Waals surface area contributed by atoms with Gasteiger partial charge in [0, 0.05) is 36.9 Å². The first kappa shape index (κ1) is 18.6. The third kappa shape index (κ3) is 4.90. The third-order valence-corrected chi connectivity index (χ3v) is 4.21. The molecule has 2 aromatic rings. The standard InChI is InChI=1S/C18H21N5O4/c1-13-20-16(22-9-2-3-10-22)12-17(21-13)27-11-8-19-18(24)14-4-6-15(7-5-14)23(25)26/h4-7,12H,2-3,8-11H2,1H3,(H,19,24). The van der Waals surface area contributed by atoms with E-state index in [0.717, 1.165) is 31.7 Å². The van der Waals surface area contributed by atoms with Gasteiger partial charge in [-0.1, -0.05) is 0 Å². The van der Waals surface area contributed by atoms with Gasteiger partial charge in [-0.2, -0.15) is 4.98 Å². The zero-order valence-electron chi connectivity index (χ0n) is 15.1. The molecule has 0 atom stereocenters. The van der Waals surface area contributed by atoms with Crippen molar-refractivity contribution in [2.24, 2.45) is 0 Å². The van der Waals surface area contributed by atoms with E-state index < -0.39 is 4.92 Å². The molecule has 3 rings (SSSR count). The largest absolute Gasteiger partial charge is 0.476 e. The Labute approximate surface area is 156 Å². The second-order valence-electron chi connectivity index (χ2n) is 6.21. The lowest BCUT2D eigenvalue weighted by Crippen LogP contribution is -2.28. The quantitative estimate of drug-likeness (QED) is 0.451. The first-order valence-corrected chi connectivity index (χ1v) is 8.79. The van der Waals surface area contributed by atoms with Crippen LogP contribution in [0.5, 0.6) is 5.88 Å². The summed E-state index contributed by atoms with van der Waals surface area (Å²) in [6.45, 7) is 4.34. The monoisotopic (exact) mass is 371 g/mol. The van der Waals surface area contributed by atoms with E-state index in [9.17, 15) is 14.9 Å². The van der Waals surface area contributed by atoms with Crippen LogP contribution in [0.3, 0.4) is 0 Å². The molecule has 1 aromatic carbocycles. The second kappa shape index (κ2) is 8.43. The molecule has 0 spiro atoms. The number of amides is 1. The number of rotatable bonds is 7. The molecule has 1 aromatic heterocycles. The predicted octanol–water partition coefficient (Wildman–Crippen LogP) is 2.10. The molecule has 1 N–H and O–H groups in total. The van der Waals surface area contributed by atoms with Gasteiger partial charge in [0.05, 0.1) is 11.5 Å². The Morgan fingerprint density at radius 2 is 1.96 bits per heavy atom. The number of carbonyl (C=O) groups excluding carboxylic acids is 1. The maximum absolute atomic E-state index is 12.1. The highest BCUT2D eigenvalue weighted by molar-refractivity contribution is 5.94. The van der Waals surface area contributed by atoms with E-state index in [1.807, 2.05) is 13.0 Å². The van der Waals surface area contributed by atoms with Crippen LogP contribution in [0.2, 0.25) is 0 Å². The van der Waals surface area contributed by atoms with Gasteiger partial charge in [0.2, 0.25) is 5.88 Å². The molecule has 1 amide bonds. The molecule has 27 heavy (non-hydrogen) atoms. The topological polar surface area (TPSA) is 110 Å². The summed E-state index contributed by atoms with van der Waals surface area (Å²) in [5.41, 5.74) is 0.303. The van der Waals surface area contributed by atoms with Crippen LogP contribution in [-0.4, -0.2) is 47.0 Å². The minimum Gasteiger partial charge on any atom is -0.476 e. The number of aryl methyl sites for hydroxylation is 1. The first-order chi connectivity index (χ1) is 13.0. The zero-order valence-corrected chi connectivity index (χ0v) is 15.1. The van der Waals surface area contributed by atoms with Crippen molar-refractivity contribution in [3.63, 3.8) is 0 Å². The summed E-state index contributed by atoms with van der Waals surface area (Å²) < 4.78 is 5.64. The van der Waals surface area contributed by atoms with Crippen molar-refractivity contribution in [3.05, 3.63) is 51.8 Å². The normalized spacial score (nSPS) is 13.4. The number of nitro groups is 1. The molecular formula is C18H21N5O4. The minimum atomic E-state index is -0.504. The van der Waals surface area contributed by atoms with Gasteiger partial charge >= 0.3 is 0 Å². The van der Waals surface area contributed by atoms with Gasteiger partial charge in [0.15, 0.2) is 0 Å². The Bertz CT molecular complexity index is 819. The summed E-state index contributed by atoms with van der Waals surface area (Å²) in [5.74, 6) is 1.67. The number of nitrogens with one attached hydrogen (secondary N) is 1. The number of nitrogens with zero attached hydrogens (tertiary/aromatic N) is 4. The molecule has 1 aliphatic rings. The van der Waals surface area contributed by atoms with E-state index in [0.29, 0.717) is 17.3 Å². The Balaban J connectivity index is 1.49. The lowest BCUT2D eigenvalue weighted by atomic mass is 10.2. The number of nitro benzene ring substituents is 1. The summed E-state index contributed by atoms with van der Waals surface area (Å²) in [6.07, 6.45) is 2.32. The highest BCUT2D eigenvalue weighted by Gasteiger charge is 2.15. The molecule has 1 fully saturated rings. The summed E-state index contributed by atoms with van der Waals surface area (Å²) >= 11 is 0. The van der Waals surface area contributed by atoms with Gasteiger partial charge in [-0.05, 0) is 31.9 Å². The molecule has 9 nitrogen and oxygen atoms in total. The van der Waals surface area contributed by atoms with E-state index in [-0.39, 0.29) is 24.7 Å². The van der Waals surface area contributed by atoms with Crippen molar-refractivity contribution in [1.82, 2.24) is 15.3 Å². The van der Waals surface area contributed by atoms with Crippen molar-refractivity contribution in [2.75, 3.05) is 31.1 Å². The van der Waals surface area contributed by atoms with E-state index in [1.165, 1.54) is 24.3 Å². The summed E-state index contributed by atoms with van der Waals surface area (Å²) in [5, 5.41) is 13.3. The zero-order chi connectivity index (χ0) is 19.2. The van der Waals surface area contributed by atoms with E-state index >= 15 is 0 Å². The second-order valence-corrected chi connectivity index (χ2v) is 6.21. The van der Waals surface area contributed by atoms with E-state index in [4.69, 9.17) is 4.74 Å². The van der Waals surface area contributed by atoms with Crippen LogP contribution in [0.1, 0.15) is 29.0 Å². The average molecular weight is 371 g/mol. The maximum atomic E-state index is 12.1. The first-order valence-electron chi connectivity index (χ1n) is 8.79. The van der Waals surface area contributed by atoms with Crippen molar-refractivity contribution < 1.29 is 14.5 Å². The summed E-state index contributed by atoms with van der Waals surface area (Å²) in [4.78, 5) is 33.1. The molecule has 0 bridgehead atoms. The van der Waals surface area contributed by atoms with Crippen LogP contribution < -0.4 is 15.0 Å². The molecule has 0 saturated carbocycles. The predicted molar refractivity (Wildman–Crippen MR) is 99.1 cm³/mol. The fourth-order valence-corrected chi connectivity index (χ4v) is 2.86. The molecule has 142 valence electrons. The van der Waals surface area contributed by atoms with Gasteiger partial charge < -0.3 is 15.0 Å². The van der Waals surface area contributed by atoms with Gasteiger partial charge in [-0.25, -0.2) is 4.98 Å². The number of ether oxygens (including phenoxy) is 1. The summed E-state index contributed by atoms with van der Waals surface area (Å²) in [6, 6.07) is 7.26. The van der Waals surface area contributed by atoms with E-state index in [1.54, 1.807) is 0 Å². The SMILES string of the molecule is Cc1nc(OCCNC(=O)c2ccc([N+](=O)[O-])cc2)cc(N2CCCC2)n1. The van der Waals surface area contributed by atoms with Crippen molar-refractivity contribution in [3.8, 4) is 5.88 Å². The highest BCUT2D eigenvalue weighted by atomic mass is 16.6. The number of non-ortho nitro benzene ring substituents is 1. The molecule has 0 radical (unpaired) electrons. The van der Waals surface area contributed by atoms with E-state index in [2.05, 4.69) is 20.2 Å². The van der Waals surface area contributed by atoms with Crippen LogP contribution >= 0.6 is 0 Å². The lowest BCUT2D eigenvalue weighted by molar-refractivity contribution is -0.384. The number of aromatic nitrogens is 2. The van der Waals surface area contributed by atoms with Crippen LogP contribution in [0, 0.1) is 17.0 Å². The van der Waals surface area contributed by atoms with Crippen LogP contribution in [0.25, 0.3) is 0 Å². The van der Waals surface area contributed by atoms with Crippen LogP contribution in [0.15, 0.2) is 30.3 Å². The van der Waals surface area contributed by atoms with Gasteiger partial charge in [0.1, 0.15) is 18.2 Å². The molecule has 1 aliphatic heterocycles. The number of hydrogen-bond acceptors (Lipinski definition) is 7. The Hall–Kier alpha value is -3.23. The Morgan fingerprint density at radius 1 is 1.26 bits per heavy atom. The number of hydrogen-bond donors (Lipinski definition) is 1. The number of carbonyl (C=O) groups is 1. The Morgan fingerprint density at radius 3 is 2.63 bits per heavy atom. The highest BCUT2D eigenvalue weighted by Crippen LogP contribution is 2.21. The van der Waals surface area contributed by atoms with Crippen LogP contribution in [-0.2, 0) is 0 Å². The fourth-order valence-electron chi connectivity index (χ4n) is 2.86. The maximum Gasteiger partial charge on any atom is 0.269 e. The van der Waals surface area contributed by atoms with Crippen molar-refractivity contribution in [2.45, 2.75) is 19.8 Å². The fraction of sp³-hybridized carbons (Fsp3) is 0.389.